The number of fused-ring (bicyclic) bond motifs is 2. The van der Waals surface area contributed by atoms with Gasteiger partial charge in [-0.05, 0) is 80.8 Å². The summed E-state index contributed by atoms with van der Waals surface area (Å²) in [5, 5.41) is 16.1. The van der Waals surface area contributed by atoms with E-state index in [4.69, 9.17) is 14.8 Å². The Kier molecular flexibility index (Phi) is 24.8. The summed E-state index contributed by atoms with van der Waals surface area (Å²) in [7, 11) is 4.80. The van der Waals surface area contributed by atoms with Crippen molar-refractivity contribution >= 4 is 52.7 Å². The minimum atomic E-state index is -0.172. The van der Waals surface area contributed by atoms with Crippen LogP contribution in [0.3, 0.4) is 0 Å². The fraction of sp³-hybridized carbons (Fsp3) is 0.381. The molecule has 1 aliphatic rings. The van der Waals surface area contributed by atoms with E-state index in [9.17, 15) is 9.18 Å². The second-order valence-corrected chi connectivity index (χ2v) is 11.8. The zero-order valence-corrected chi connectivity index (χ0v) is 35.1. The number of hydrogen-bond donors (Lipinski definition) is 3. The van der Waals surface area contributed by atoms with Crippen LogP contribution in [0.1, 0.15) is 56.3 Å². The highest BCUT2D eigenvalue weighted by Crippen LogP contribution is 2.23. The molecule has 0 saturated carbocycles. The third-order valence-electron chi connectivity index (χ3n) is 8.03. The molecule has 3 aromatic heterocycles. The molecule has 4 heterocycles. The summed E-state index contributed by atoms with van der Waals surface area (Å²) in [6.45, 7) is 17.3. The van der Waals surface area contributed by atoms with E-state index < -0.39 is 0 Å². The number of methoxy groups -OCH3 is 1. The third-order valence-corrected chi connectivity index (χ3v) is 8.03. The number of carbonyl (C=O) groups excluding carboxylic acids is 1. The van der Waals surface area contributed by atoms with Gasteiger partial charge in [-0.1, -0.05) is 63.3 Å². The molecule has 12 nitrogen and oxygen atoms in total. The number of aryl methyl sites for hydroxylation is 3. The molecule has 2 aromatic carbocycles. The number of aliphatic hydroxyl groups excluding tert-OH is 1. The van der Waals surface area contributed by atoms with Crippen molar-refractivity contribution in [2.45, 2.75) is 60.4 Å². The largest absolute Gasteiger partial charge is 0.400 e. The van der Waals surface area contributed by atoms with Gasteiger partial charge in [0.2, 0.25) is 6.41 Å². The number of aliphatic imine (C=N–C) groups is 1. The maximum Gasteiger partial charge on any atom is 0.212 e. The fourth-order valence-corrected chi connectivity index (χ4v) is 5.31. The number of imidazole rings is 1. The number of nitrogens with zero attached hydrogens (tertiary/aromatic N) is 7. The molecule has 3 N–H and O–H groups in total. The fourth-order valence-electron chi connectivity index (χ4n) is 5.31. The summed E-state index contributed by atoms with van der Waals surface area (Å²) < 4.78 is 20.6. The van der Waals surface area contributed by atoms with Gasteiger partial charge in [0.05, 0.1) is 35.2 Å². The van der Waals surface area contributed by atoms with Crippen LogP contribution in [0.5, 0.6) is 0 Å². The Labute approximate surface area is 336 Å². The highest BCUT2D eigenvalue weighted by molar-refractivity contribution is 6.15. The van der Waals surface area contributed by atoms with Crippen LogP contribution in [0.25, 0.3) is 22.2 Å². The number of hydrogen-bond acceptors (Lipinski definition) is 9. The Morgan fingerprint density at radius 3 is 2.50 bits per heavy atom. The van der Waals surface area contributed by atoms with Crippen molar-refractivity contribution in [3.8, 4) is 0 Å². The number of aromatic nitrogens is 6. The van der Waals surface area contributed by atoms with Crippen molar-refractivity contribution in [2.24, 2.45) is 12.0 Å². The van der Waals surface area contributed by atoms with Gasteiger partial charge in [0, 0.05) is 47.3 Å². The Hall–Kier alpha value is -5.08. The van der Waals surface area contributed by atoms with E-state index in [0.717, 1.165) is 68.9 Å². The van der Waals surface area contributed by atoms with E-state index in [2.05, 4.69) is 103 Å². The van der Waals surface area contributed by atoms with Crippen molar-refractivity contribution in [1.29, 1.82) is 0 Å². The number of ether oxygens (including phenoxy) is 1. The Morgan fingerprint density at radius 2 is 1.89 bits per heavy atom. The predicted octanol–water partition coefficient (Wildman–Crippen LogP) is 8.30. The summed E-state index contributed by atoms with van der Waals surface area (Å²) in [5.41, 5.74) is 8.28. The van der Waals surface area contributed by atoms with Crippen LogP contribution in [-0.2, 0) is 29.5 Å². The second-order valence-electron chi connectivity index (χ2n) is 11.8. The number of aliphatic hydroxyl groups is 1. The molecule has 304 valence electrons. The number of H-pyrrole nitrogens is 1. The van der Waals surface area contributed by atoms with Crippen molar-refractivity contribution in [1.82, 2.24) is 34.6 Å². The van der Waals surface area contributed by atoms with Gasteiger partial charge in [-0.2, -0.15) is 5.10 Å². The first-order valence-electron chi connectivity index (χ1n) is 18.4. The molecule has 56 heavy (non-hydrogen) atoms. The van der Waals surface area contributed by atoms with Crippen molar-refractivity contribution in [2.75, 3.05) is 45.6 Å². The van der Waals surface area contributed by atoms with Gasteiger partial charge in [0.1, 0.15) is 17.2 Å². The first kappa shape index (κ1) is 48.9. The number of halogens is 2. The molecule has 0 bridgehead atoms. The van der Waals surface area contributed by atoms with E-state index in [0.29, 0.717) is 35.4 Å². The zero-order valence-electron chi connectivity index (χ0n) is 34.3. The Balaban J connectivity index is 0.000000537. The minimum Gasteiger partial charge on any atom is -0.400 e. The van der Waals surface area contributed by atoms with Crippen LogP contribution < -0.4 is 5.32 Å². The topological polar surface area (TPSA) is 146 Å². The molecule has 0 radical (unpaired) electrons. The highest BCUT2D eigenvalue weighted by atomic mass is 35.5. The quantitative estimate of drug-likeness (QED) is 0.0524. The average molecular weight is 792 g/mol. The molecule has 5 aromatic rings. The van der Waals surface area contributed by atoms with Crippen molar-refractivity contribution in [3.63, 3.8) is 0 Å². The van der Waals surface area contributed by atoms with Gasteiger partial charge in [-0.15, -0.1) is 11.6 Å². The lowest BCUT2D eigenvalue weighted by atomic mass is 10.0. The molecule has 14 heteroatoms. The van der Waals surface area contributed by atoms with Gasteiger partial charge in [-0.25, -0.2) is 19.3 Å². The van der Waals surface area contributed by atoms with E-state index in [1.807, 2.05) is 45.1 Å². The predicted molar refractivity (Wildman–Crippen MR) is 230 cm³/mol. The number of anilines is 1. The maximum atomic E-state index is 13.7. The highest BCUT2D eigenvalue weighted by Gasteiger charge is 2.17. The van der Waals surface area contributed by atoms with E-state index in [1.165, 1.54) is 35.3 Å². The van der Waals surface area contributed by atoms with Crippen LogP contribution in [-0.4, -0.2) is 93.1 Å². The molecule has 0 atom stereocenters. The van der Waals surface area contributed by atoms with Crippen molar-refractivity contribution in [3.05, 3.63) is 113 Å². The Bertz CT molecular complexity index is 1990. The summed E-state index contributed by atoms with van der Waals surface area (Å²) in [4.78, 5) is 29.7. The van der Waals surface area contributed by atoms with Crippen LogP contribution in [0.2, 0.25) is 0 Å². The third kappa shape index (κ3) is 15.6. The van der Waals surface area contributed by atoms with E-state index >= 15 is 0 Å². The molecule has 0 aliphatic carbocycles. The lowest BCUT2D eigenvalue weighted by molar-refractivity contribution is -0.105. The molecule has 0 saturated heterocycles. The smallest absolute Gasteiger partial charge is 0.212 e. The number of alkyl halides is 1. The van der Waals surface area contributed by atoms with Crippen LogP contribution >= 0.6 is 11.6 Å². The molecule has 0 fully saturated rings. The first-order valence-corrected chi connectivity index (χ1v) is 19.1. The van der Waals surface area contributed by atoms with Gasteiger partial charge in [0.25, 0.3) is 0 Å². The minimum absolute atomic E-state index is 0.172. The van der Waals surface area contributed by atoms with Crippen LogP contribution in [0.15, 0.2) is 89.2 Å². The number of amides is 1. The zero-order chi connectivity index (χ0) is 41.9. The van der Waals surface area contributed by atoms with Gasteiger partial charge >= 0.3 is 0 Å². The van der Waals surface area contributed by atoms with Gasteiger partial charge in [0.15, 0.2) is 11.5 Å². The van der Waals surface area contributed by atoms with Crippen LogP contribution in [0.4, 0.5) is 10.2 Å². The number of aromatic amines is 1. The number of carbonyl (C=O) groups is 1. The Morgan fingerprint density at radius 1 is 1.16 bits per heavy atom. The molecule has 0 unspecified atom stereocenters. The number of nitrogens with one attached hydrogen (secondary N) is 2. The maximum absolute atomic E-state index is 13.7. The van der Waals surface area contributed by atoms with Crippen molar-refractivity contribution < 1.29 is 19.0 Å². The SMILES string of the molecule is C=N/C(=C\C=C/Cc1ccccc1F)C1=CCN(Cc2nc3cc(C)ccc3n2C)CC1.CC.CCCOC.CCl.CO.Cc1[nH]nc2ncc(NC=O)nc12. The standard InChI is InChI=1S/C27H29FN4.C7H7N5O.C4H10O.C2H6.CH3Cl.CH4O/c1-20-12-13-26-25(18-20)30-27(31(26)3)19-32-16-14-22(15-17-32)24(29-2)11-7-5-9-21-8-4-6-10-23(21)28;1-4-6-7(12-11-4)8-2-5(10-6)9-3-13;1-3-4-5-2;3*1-2/h4-8,10-14,18H,2,9,15-17,19H2,1,3H3;2-3H,1H3,(H,8,11,12)(H,9,10,13);3-4H2,1-2H3;1-2H3;1H3;2H,1H3/b7-5-,24-11-;;;;;. The number of benzene rings is 2. The molecular formula is C42H59ClFN9O3. The monoisotopic (exact) mass is 791 g/mol. The lowest BCUT2D eigenvalue weighted by Crippen LogP contribution is -2.29. The van der Waals surface area contributed by atoms with Gasteiger partial charge in [-0.3, -0.25) is 19.8 Å². The summed E-state index contributed by atoms with van der Waals surface area (Å²) in [5.74, 6) is 1.33. The van der Waals surface area contributed by atoms with Gasteiger partial charge < -0.3 is 19.7 Å². The van der Waals surface area contributed by atoms with E-state index in [1.54, 1.807) is 19.2 Å². The molecular weight excluding hydrogens is 733 g/mol. The molecule has 0 spiro atoms. The summed E-state index contributed by atoms with van der Waals surface area (Å²) in [6, 6.07) is 13.3. The van der Waals surface area contributed by atoms with E-state index in [-0.39, 0.29) is 5.82 Å². The second kappa shape index (κ2) is 28.3. The lowest BCUT2D eigenvalue weighted by Gasteiger charge is -2.26. The molecule has 6 rings (SSSR count). The van der Waals surface area contributed by atoms with Crippen LogP contribution in [0, 0.1) is 19.7 Å². The summed E-state index contributed by atoms with van der Waals surface area (Å²) in [6.07, 6.45) is 14.1. The number of allylic oxidation sites excluding steroid dienone is 4. The first-order chi connectivity index (χ1) is 27.3. The molecule has 1 amide bonds. The average Bonchev–Trinajstić information content (AvgIpc) is 3.76. The number of rotatable bonds is 11. The molecule has 1 aliphatic heterocycles. The normalized spacial score (nSPS) is 12.3. The summed E-state index contributed by atoms with van der Waals surface area (Å²) >= 11 is 4.64.